The van der Waals surface area contributed by atoms with Gasteiger partial charge in [0.05, 0.1) is 17.0 Å². The zero-order valence-electron chi connectivity index (χ0n) is 13.1. The molecule has 0 radical (unpaired) electrons. The van der Waals surface area contributed by atoms with Crippen LogP contribution in [0.4, 0.5) is 18.9 Å². The molecule has 2 rings (SSSR count). The first kappa shape index (κ1) is 18.7. The molecule has 4 nitrogen and oxygen atoms in total. The van der Waals surface area contributed by atoms with Crippen LogP contribution in [0.5, 0.6) is 0 Å². The minimum Gasteiger partial charge on any atom is -0.462 e. The quantitative estimate of drug-likeness (QED) is 0.457. The Balaban J connectivity index is 2.20. The molecule has 2 aromatic rings. The van der Waals surface area contributed by atoms with Crippen molar-refractivity contribution in [2.45, 2.75) is 13.1 Å². The first-order valence-electron chi connectivity index (χ1n) is 7.22. The minimum atomic E-state index is -4.73. The maximum absolute atomic E-state index is 13.2. The number of carbonyl (C=O) groups is 2. The van der Waals surface area contributed by atoms with E-state index >= 15 is 0 Å². The first-order chi connectivity index (χ1) is 11.8. The average molecular weight is 369 g/mol. The lowest BCUT2D eigenvalue weighted by atomic mass is 10.2. The van der Waals surface area contributed by atoms with Crippen LogP contribution in [0.25, 0.3) is 0 Å². The van der Waals surface area contributed by atoms with Crippen LogP contribution in [0.2, 0.25) is 0 Å². The summed E-state index contributed by atoms with van der Waals surface area (Å²) in [6.07, 6.45) is -4.21. The molecule has 0 saturated heterocycles. The van der Waals surface area contributed by atoms with E-state index in [2.05, 4.69) is 5.32 Å². The van der Waals surface area contributed by atoms with Gasteiger partial charge in [0.25, 0.3) is 0 Å². The highest BCUT2D eigenvalue weighted by Crippen LogP contribution is 2.28. The maximum Gasteiger partial charge on any atom is 0.431 e. The number of ether oxygens (including phenoxy) is 1. The third-order valence-corrected chi connectivity index (χ3v) is 3.90. The minimum absolute atomic E-state index is 0.0932. The number of halogens is 3. The van der Waals surface area contributed by atoms with Gasteiger partial charge in [0, 0.05) is 11.8 Å². The maximum atomic E-state index is 13.2. The standard InChI is InChI=1S/C17H14F3NO3S/c1-2-24-16(23)11-5-7-12(8-6-11)21-15(17(18,19)20)10-13(22)14-4-3-9-25-14/h3-10,21H,2H2,1H3/b15-10+. The van der Waals surface area contributed by atoms with Crippen LogP contribution in [-0.2, 0) is 4.74 Å². The third-order valence-electron chi connectivity index (χ3n) is 3.02. The van der Waals surface area contributed by atoms with Crippen LogP contribution in [0.15, 0.2) is 53.6 Å². The second-order valence-electron chi connectivity index (χ2n) is 4.82. The Morgan fingerprint density at radius 2 is 1.88 bits per heavy atom. The molecule has 0 amide bonds. The highest BCUT2D eigenvalue weighted by molar-refractivity contribution is 7.12. The predicted molar refractivity (Wildman–Crippen MR) is 88.8 cm³/mol. The fourth-order valence-corrected chi connectivity index (χ4v) is 2.51. The average Bonchev–Trinajstić information content (AvgIpc) is 3.08. The van der Waals surface area contributed by atoms with Gasteiger partial charge in [-0.2, -0.15) is 13.2 Å². The Labute approximate surface area is 145 Å². The molecule has 1 N–H and O–H groups in total. The Hall–Kier alpha value is -2.61. The molecule has 0 aliphatic heterocycles. The number of hydrogen-bond acceptors (Lipinski definition) is 5. The van der Waals surface area contributed by atoms with E-state index in [9.17, 15) is 22.8 Å². The number of hydrogen-bond donors (Lipinski definition) is 1. The molecule has 0 aliphatic carbocycles. The normalized spacial score (nSPS) is 11.9. The van der Waals surface area contributed by atoms with Crippen molar-refractivity contribution in [3.05, 3.63) is 64.0 Å². The van der Waals surface area contributed by atoms with Gasteiger partial charge in [-0.05, 0) is 42.6 Å². The van der Waals surface area contributed by atoms with E-state index < -0.39 is 23.6 Å². The molecular weight excluding hydrogens is 355 g/mol. The monoisotopic (exact) mass is 369 g/mol. The largest absolute Gasteiger partial charge is 0.462 e. The number of ketones is 1. The summed E-state index contributed by atoms with van der Waals surface area (Å²) in [5, 5.41) is 3.78. The van der Waals surface area contributed by atoms with E-state index in [1.165, 1.54) is 30.3 Å². The Bertz CT molecular complexity index is 765. The van der Waals surface area contributed by atoms with Gasteiger partial charge in [0.1, 0.15) is 5.70 Å². The summed E-state index contributed by atoms with van der Waals surface area (Å²) in [5.41, 5.74) is -0.870. The SMILES string of the molecule is CCOC(=O)c1ccc(N/C(=C/C(=O)c2cccs2)C(F)(F)F)cc1. The van der Waals surface area contributed by atoms with Crippen LogP contribution in [0.3, 0.4) is 0 Å². The lowest BCUT2D eigenvalue weighted by Crippen LogP contribution is -2.20. The molecule has 0 unspecified atom stereocenters. The van der Waals surface area contributed by atoms with E-state index in [-0.39, 0.29) is 22.7 Å². The summed E-state index contributed by atoms with van der Waals surface area (Å²) in [5.74, 6) is -1.30. The zero-order valence-corrected chi connectivity index (χ0v) is 13.9. The van der Waals surface area contributed by atoms with E-state index in [1.54, 1.807) is 18.4 Å². The van der Waals surface area contributed by atoms with Crippen molar-refractivity contribution in [1.82, 2.24) is 0 Å². The van der Waals surface area contributed by atoms with Crippen molar-refractivity contribution in [3.63, 3.8) is 0 Å². The molecular formula is C17H14F3NO3S. The topological polar surface area (TPSA) is 55.4 Å². The van der Waals surface area contributed by atoms with Crippen LogP contribution in [0, 0.1) is 0 Å². The van der Waals surface area contributed by atoms with Gasteiger partial charge in [0.2, 0.25) is 0 Å². The van der Waals surface area contributed by atoms with Gasteiger partial charge in [-0.3, -0.25) is 4.79 Å². The van der Waals surface area contributed by atoms with E-state index in [0.717, 1.165) is 11.3 Å². The van der Waals surface area contributed by atoms with Crippen LogP contribution in [0.1, 0.15) is 27.0 Å². The highest BCUT2D eigenvalue weighted by Gasteiger charge is 2.35. The van der Waals surface area contributed by atoms with Crippen molar-refractivity contribution >= 4 is 28.8 Å². The molecule has 0 aliphatic rings. The number of thiophene rings is 1. The molecule has 8 heteroatoms. The predicted octanol–water partition coefficient (Wildman–Crippen LogP) is 4.67. The fraction of sp³-hybridized carbons (Fsp3) is 0.176. The summed E-state index contributed by atoms with van der Waals surface area (Å²) >= 11 is 1.06. The summed E-state index contributed by atoms with van der Waals surface area (Å²) in [7, 11) is 0. The Kier molecular flexibility index (Phi) is 5.97. The van der Waals surface area contributed by atoms with Gasteiger partial charge in [-0.15, -0.1) is 11.3 Å². The molecule has 1 heterocycles. The van der Waals surface area contributed by atoms with E-state index in [0.29, 0.717) is 6.08 Å². The number of allylic oxidation sites excluding steroid dienone is 2. The third kappa shape index (κ3) is 5.18. The molecule has 0 fully saturated rings. The second-order valence-corrected chi connectivity index (χ2v) is 5.77. The number of carbonyl (C=O) groups excluding carboxylic acids is 2. The van der Waals surface area contributed by atoms with Gasteiger partial charge in [0.15, 0.2) is 5.78 Å². The molecule has 25 heavy (non-hydrogen) atoms. The van der Waals surface area contributed by atoms with Gasteiger partial charge < -0.3 is 10.1 Å². The second kappa shape index (κ2) is 7.98. The molecule has 0 bridgehead atoms. The van der Waals surface area contributed by atoms with E-state index in [4.69, 9.17) is 4.74 Å². The van der Waals surface area contributed by atoms with Gasteiger partial charge in [-0.1, -0.05) is 6.07 Å². The van der Waals surface area contributed by atoms with E-state index in [1.807, 2.05) is 0 Å². The van der Waals surface area contributed by atoms with Crippen LogP contribution in [-0.4, -0.2) is 24.5 Å². The van der Waals surface area contributed by atoms with Crippen LogP contribution >= 0.6 is 11.3 Å². The van der Waals surface area contributed by atoms with Crippen molar-refractivity contribution in [2.75, 3.05) is 11.9 Å². The number of benzene rings is 1. The number of anilines is 1. The van der Waals surface area contributed by atoms with Crippen molar-refractivity contribution in [2.24, 2.45) is 0 Å². The smallest absolute Gasteiger partial charge is 0.431 e. The summed E-state index contributed by atoms with van der Waals surface area (Å²) in [6.45, 7) is 1.85. The molecule has 0 spiro atoms. The molecule has 1 aromatic carbocycles. The highest BCUT2D eigenvalue weighted by atomic mass is 32.1. The summed E-state index contributed by atoms with van der Waals surface area (Å²) in [6, 6.07) is 8.33. The van der Waals surface area contributed by atoms with Gasteiger partial charge in [-0.25, -0.2) is 4.79 Å². The summed E-state index contributed by atoms with van der Waals surface area (Å²) < 4.78 is 44.3. The van der Waals surface area contributed by atoms with Crippen LogP contribution < -0.4 is 5.32 Å². The molecule has 132 valence electrons. The number of esters is 1. The number of alkyl halides is 3. The van der Waals surface area contributed by atoms with Gasteiger partial charge >= 0.3 is 12.1 Å². The Morgan fingerprint density at radius 3 is 2.40 bits per heavy atom. The lowest BCUT2D eigenvalue weighted by Gasteiger charge is -2.14. The number of nitrogens with one attached hydrogen (secondary N) is 1. The first-order valence-corrected chi connectivity index (χ1v) is 8.10. The van der Waals surface area contributed by atoms with Crippen molar-refractivity contribution in [1.29, 1.82) is 0 Å². The van der Waals surface area contributed by atoms with Crippen molar-refractivity contribution < 1.29 is 27.5 Å². The lowest BCUT2D eigenvalue weighted by molar-refractivity contribution is -0.0903. The fourth-order valence-electron chi connectivity index (χ4n) is 1.87. The summed E-state index contributed by atoms with van der Waals surface area (Å²) in [4.78, 5) is 23.6. The zero-order chi connectivity index (χ0) is 18.4. The molecule has 1 aromatic heterocycles. The van der Waals surface area contributed by atoms with Crippen molar-refractivity contribution in [3.8, 4) is 0 Å². The Morgan fingerprint density at radius 1 is 1.20 bits per heavy atom. The number of rotatable bonds is 6. The molecule has 0 saturated carbocycles. The molecule has 0 atom stereocenters.